The van der Waals surface area contributed by atoms with Gasteiger partial charge in [0.25, 0.3) is 5.91 Å². The van der Waals surface area contributed by atoms with Crippen molar-refractivity contribution in [1.82, 2.24) is 15.0 Å². The van der Waals surface area contributed by atoms with Crippen molar-refractivity contribution >= 4 is 28.3 Å². The number of nitrogens with one attached hydrogen (secondary N) is 3. The number of carbonyl (C=O) groups excluding carboxylic acids is 1. The molecule has 5 rings (SSSR count). The molecule has 164 valence electrons. The van der Waals surface area contributed by atoms with Crippen LogP contribution in [0.3, 0.4) is 0 Å². The van der Waals surface area contributed by atoms with Gasteiger partial charge in [-0.25, -0.2) is 4.98 Å². The van der Waals surface area contributed by atoms with Crippen LogP contribution in [0, 0.1) is 13.8 Å². The minimum Gasteiger partial charge on any atom is -0.459 e. The molecule has 0 bridgehead atoms. The van der Waals surface area contributed by atoms with Gasteiger partial charge in [-0.2, -0.15) is 0 Å². The highest BCUT2D eigenvalue weighted by molar-refractivity contribution is 6.03. The summed E-state index contributed by atoms with van der Waals surface area (Å²) >= 11 is 0. The summed E-state index contributed by atoms with van der Waals surface area (Å²) in [6.45, 7) is 4.00. The van der Waals surface area contributed by atoms with E-state index in [-0.39, 0.29) is 17.7 Å². The van der Waals surface area contributed by atoms with E-state index in [0.717, 1.165) is 39.4 Å². The lowest BCUT2D eigenvalue weighted by Gasteiger charge is -2.20. The van der Waals surface area contributed by atoms with E-state index in [4.69, 9.17) is 4.42 Å². The number of amides is 1. The Morgan fingerprint density at radius 3 is 2.70 bits per heavy atom. The molecule has 1 atom stereocenters. The van der Waals surface area contributed by atoms with E-state index in [0.29, 0.717) is 5.69 Å². The van der Waals surface area contributed by atoms with Gasteiger partial charge in [-0.3, -0.25) is 9.78 Å². The van der Waals surface area contributed by atoms with E-state index in [1.807, 2.05) is 68.4 Å². The second-order valence-corrected chi connectivity index (χ2v) is 7.85. The van der Waals surface area contributed by atoms with Crippen molar-refractivity contribution in [3.8, 4) is 0 Å². The molecule has 0 saturated carbocycles. The Bertz CT molecular complexity index is 1410. The minimum absolute atomic E-state index is 0.245. The molecule has 4 heterocycles. The van der Waals surface area contributed by atoms with Crippen molar-refractivity contribution in [2.24, 2.45) is 0 Å². The Morgan fingerprint density at radius 2 is 1.94 bits per heavy atom. The fourth-order valence-corrected chi connectivity index (χ4v) is 4.01. The lowest BCUT2D eigenvalue weighted by Crippen LogP contribution is -2.15. The van der Waals surface area contributed by atoms with Gasteiger partial charge in [-0.05, 0) is 68.4 Å². The number of hydrogen-bond acceptors (Lipinski definition) is 5. The number of aromatic nitrogens is 3. The van der Waals surface area contributed by atoms with Crippen LogP contribution in [-0.2, 0) is 0 Å². The number of pyridine rings is 2. The summed E-state index contributed by atoms with van der Waals surface area (Å²) in [5, 5.41) is 7.46. The van der Waals surface area contributed by atoms with E-state index >= 15 is 0 Å². The molecule has 3 N–H and O–H groups in total. The van der Waals surface area contributed by atoms with Crippen LogP contribution in [0.15, 0.2) is 83.6 Å². The zero-order valence-corrected chi connectivity index (χ0v) is 18.3. The number of benzene rings is 1. The van der Waals surface area contributed by atoms with Gasteiger partial charge in [-0.15, -0.1) is 0 Å². The van der Waals surface area contributed by atoms with Gasteiger partial charge in [0.2, 0.25) is 0 Å². The molecule has 0 saturated heterocycles. The van der Waals surface area contributed by atoms with E-state index < -0.39 is 0 Å². The van der Waals surface area contributed by atoms with Crippen LogP contribution in [0.1, 0.15) is 39.2 Å². The highest BCUT2D eigenvalue weighted by Gasteiger charge is 2.23. The number of nitrogens with zero attached hydrogens (tertiary/aromatic N) is 2. The predicted molar refractivity (Wildman–Crippen MR) is 128 cm³/mol. The topological polar surface area (TPSA) is 95.8 Å². The standard InChI is InChI=1S/C26H23N5O2/c1-16-7-5-10-23(28-16)31-25(21-8-3-4-13-27-21)24-17(2)29-20-12-11-18(15-19(20)24)30-26(32)22-9-6-14-33-22/h3-15,25,29H,1-2H3,(H,28,31)(H,30,32)/t25-/m1/s1. The smallest absolute Gasteiger partial charge is 0.291 e. The molecule has 33 heavy (non-hydrogen) atoms. The zero-order chi connectivity index (χ0) is 22.8. The molecular formula is C26H23N5O2. The molecule has 0 spiro atoms. The third kappa shape index (κ3) is 4.21. The first-order chi connectivity index (χ1) is 16.1. The average Bonchev–Trinajstić information content (AvgIpc) is 3.46. The highest BCUT2D eigenvalue weighted by atomic mass is 16.3. The van der Waals surface area contributed by atoms with Crippen molar-refractivity contribution in [1.29, 1.82) is 0 Å². The van der Waals surface area contributed by atoms with Gasteiger partial charge in [0, 0.05) is 39.7 Å². The second-order valence-electron chi connectivity index (χ2n) is 7.85. The third-order valence-electron chi connectivity index (χ3n) is 5.49. The summed E-state index contributed by atoms with van der Waals surface area (Å²) in [7, 11) is 0. The normalized spacial score (nSPS) is 11.9. The largest absolute Gasteiger partial charge is 0.459 e. The Hall–Kier alpha value is -4.39. The average molecular weight is 438 g/mol. The maximum Gasteiger partial charge on any atom is 0.291 e. The van der Waals surface area contributed by atoms with Crippen LogP contribution in [0.25, 0.3) is 10.9 Å². The van der Waals surface area contributed by atoms with Gasteiger partial charge in [0.05, 0.1) is 18.0 Å². The summed E-state index contributed by atoms with van der Waals surface area (Å²) in [5.74, 6) is 0.734. The lowest BCUT2D eigenvalue weighted by atomic mass is 9.99. The summed E-state index contributed by atoms with van der Waals surface area (Å²) in [6.07, 6.45) is 3.26. The number of aryl methyl sites for hydroxylation is 2. The van der Waals surface area contributed by atoms with Gasteiger partial charge in [0.15, 0.2) is 5.76 Å². The number of carbonyl (C=O) groups is 1. The van der Waals surface area contributed by atoms with Crippen molar-refractivity contribution in [3.05, 3.63) is 108 Å². The Kier molecular flexibility index (Phi) is 5.36. The van der Waals surface area contributed by atoms with Crippen molar-refractivity contribution < 1.29 is 9.21 Å². The molecule has 0 unspecified atom stereocenters. The monoisotopic (exact) mass is 437 g/mol. The zero-order valence-electron chi connectivity index (χ0n) is 18.3. The maximum atomic E-state index is 12.5. The van der Waals surface area contributed by atoms with Crippen molar-refractivity contribution in [2.75, 3.05) is 10.6 Å². The van der Waals surface area contributed by atoms with Crippen LogP contribution in [-0.4, -0.2) is 20.9 Å². The molecule has 0 fully saturated rings. The first-order valence-corrected chi connectivity index (χ1v) is 10.7. The van der Waals surface area contributed by atoms with Crippen molar-refractivity contribution in [3.63, 3.8) is 0 Å². The minimum atomic E-state index is -0.295. The Balaban J connectivity index is 1.58. The van der Waals surface area contributed by atoms with E-state index in [9.17, 15) is 4.79 Å². The molecule has 0 aliphatic rings. The maximum absolute atomic E-state index is 12.5. The van der Waals surface area contributed by atoms with Gasteiger partial charge in [-0.1, -0.05) is 12.1 Å². The van der Waals surface area contributed by atoms with Gasteiger partial charge < -0.3 is 20.0 Å². The molecule has 0 aliphatic carbocycles. The molecule has 7 nitrogen and oxygen atoms in total. The van der Waals surface area contributed by atoms with Crippen LogP contribution >= 0.6 is 0 Å². The number of fused-ring (bicyclic) bond motifs is 1. The number of anilines is 2. The van der Waals surface area contributed by atoms with Crippen LogP contribution in [0.4, 0.5) is 11.5 Å². The van der Waals surface area contributed by atoms with Crippen LogP contribution in [0.5, 0.6) is 0 Å². The molecule has 0 aliphatic heterocycles. The molecule has 4 aromatic heterocycles. The Labute approximate surface area is 190 Å². The summed E-state index contributed by atoms with van der Waals surface area (Å²) in [6, 6.07) is 20.6. The SMILES string of the molecule is Cc1cccc(N[C@H](c2ccccn2)c2c(C)[nH]c3ccc(NC(=O)c4ccco4)cc23)n1. The molecule has 5 aromatic rings. The molecule has 1 amide bonds. The number of rotatable bonds is 6. The quantitative estimate of drug-likeness (QED) is 0.320. The van der Waals surface area contributed by atoms with Gasteiger partial charge >= 0.3 is 0 Å². The molecule has 1 aromatic carbocycles. The summed E-state index contributed by atoms with van der Waals surface area (Å²) in [5.41, 5.74) is 5.50. The highest BCUT2D eigenvalue weighted by Crippen LogP contribution is 2.35. The van der Waals surface area contributed by atoms with Crippen LogP contribution < -0.4 is 10.6 Å². The summed E-state index contributed by atoms with van der Waals surface area (Å²) < 4.78 is 5.21. The lowest BCUT2D eigenvalue weighted by molar-refractivity contribution is 0.0996. The van der Waals surface area contributed by atoms with Gasteiger partial charge in [0.1, 0.15) is 5.82 Å². The first-order valence-electron chi connectivity index (χ1n) is 10.7. The first kappa shape index (κ1) is 20.5. The van der Waals surface area contributed by atoms with Crippen molar-refractivity contribution in [2.45, 2.75) is 19.9 Å². The van der Waals surface area contributed by atoms with E-state index in [1.54, 1.807) is 18.3 Å². The summed E-state index contributed by atoms with van der Waals surface area (Å²) in [4.78, 5) is 25.2. The number of furan rings is 1. The number of hydrogen-bond donors (Lipinski definition) is 3. The molecule has 7 heteroatoms. The molecule has 0 radical (unpaired) electrons. The number of H-pyrrole nitrogens is 1. The van der Waals surface area contributed by atoms with E-state index in [2.05, 4.69) is 25.6 Å². The predicted octanol–water partition coefficient (Wildman–Crippen LogP) is 5.62. The van der Waals surface area contributed by atoms with Crippen LogP contribution in [0.2, 0.25) is 0 Å². The van der Waals surface area contributed by atoms with E-state index in [1.165, 1.54) is 6.26 Å². The second kappa shape index (κ2) is 8.63. The Morgan fingerprint density at radius 1 is 1.03 bits per heavy atom. The third-order valence-corrected chi connectivity index (χ3v) is 5.49. The molecular weight excluding hydrogens is 414 g/mol. The number of aromatic amines is 1. The fourth-order valence-electron chi connectivity index (χ4n) is 4.01. The fraction of sp³-hybridized carbons (Fsp3) is 0.115.